The average molecular weight is 200 g/mol. The maximum atomic E-state index is 5.41. The minimum absolute atomic E-state index is 0.594. The minimum atomic E-state index is 0.594. The highest BCUT2D eigenvalue weighted by molar-refractivity contribution is 5.74. The van der Waals surface area contributed by atoms with Gasteiger partial charge in [-0.1, -0.05) is 11.8 Å². The van der Waals surface area contributed by atoms with Gasteiger partial charge in [-0.2, -0.15) is 0 Å². The van der Waals surface area contributed by atoms with E-state index in [2.05, 4.69) is 16.8 Å². The van der Waals surface area contributed by atoms with Crippen LogP contribution >= 0.6 is 0 Å². The summed E-state index contributed by atoms with van der Waals surface area (Å²) in [5.74, 6) is 6.69. The van der Waals surface area contributed by atoms with Crippen molar-refractivity contribution in [3.05, 3.63) is 29.7 Å². The molecular formula is C12H12N2O. The van der Waals surface area contributed by atoms with Gasteiger partial charge in [0, 0.05) is 25.5 Å². The molecule has 0 atom stereocenters. The lowest BCUT2D eigenvalue weighted by molar-refractivity contribution is 0.561. The predicted octanol–water partition coefficient (Wildman–Crippen LogP) is 1.84. The topological polar surface area (TPSA) is 52.0 Å². The molecule has 1 heterocycles. The van der Waals surface area contributed by atoms with Gasteiger partial charge < -0.3 is 10.2 Å². The molecule has 0 saturated heterocycles. The summed E-state index contributed by atoms with van der Waals surface area (Å²) in [5, 5.41) is 0. The Labute approximate surface area is 88.3 Å². The van der Waals surface area contributed by atoms with Gasteiger partial charge in [0.1, 0.15) is 5.52 Å². The van der Waals surface area contributed by atoms with Crippen molar-refractivity contribution in [1.29, 1.82) is 0 Å². The number of nitrogens with two attached hydrogens (primary N) is 1. The molecule has 0 radical (unpaired) electrons. The molecule has 0 unspecified atom stereocenters. The molecule has 0 aliphatic carbocycles. The summed E-state index contributed by atoms with van der Waals surface area (Å²) in [6.45, 7) is 2.43. The lowest BCUT2D eigenvalue weighted by Gasteiger charge is -1.89. The Morgan fingerprint density at radius 1 is 1.47 bits per heavy atom. The Balaban J connectivity index is 2.35. The standard InChI is InChI=1S/C12H12N2O/c1-9-14-11-6-5-10(4-2-3-7-13)8-12(11)15-9/h5-6,8H,3,7,13H2,1H3. The third-order valence-corrected chi connectivity index (χ3v) is 2.00. The second kappa shape index (κ2) is 4.16. The highest BCUT2D eigenvalue weighted by Crippen LogP contribution is 2.16. The van der Waals surface area contributed by atoms with Crippen molar-refractivity contribution in [3.63, 3.8) is 0 Å². The number of nitrogens with zero attached hydrogens (tertiary/aromatic N) is 1. The van der Waals surface area contributed by atoms with Crippen LogP contribution in [-0.2, 0) is 0 Å². The van der Waals surface area contributed by atoms with Crippen molar-refractivity contribution < 1.29 is 4.42 Å². The third kappa shape index (κ3) is 2.17. The van der Waals surface area contributed by atoms with Gasteiger partial charge in [-0.3, -0.25) is 0 Å². The van der Waals surface area contributed by atoms with Gasteiger partial charge in [0.2, 0.25) is 0 Å². The highest BCUT2D eigenvalue weighted by Gasteiger charge is 2.01. The molecule has 0 fully saturated rings. The SMILES string of the molecule is Cc1nc2ccc(C#CCCN)cc2o1. The average Bonchev–Trinajstić information content (AvgIpc) is 2.57. The molecule has 0 bridgehead atoms. The van der Waals surface area contributed by atoms with Gasteiger partial charge in [0.15, 0.2) is 11.5 Å². The largest absolute Gasteiger partial charge is 0.441 e. The van der Waals surface area contributed by atoms with E-state index >= 15 is 0 Å². The molecule has 0 saturated carbocycles. The summed E-state index contributed by atoms with van der Waals surface area (Å²) in [4.78, 5) is 4.22. The Morgan fingerprint density at radius 3 is 3.13 bits per heavy atom. The monoisotopic (exact) mass is 200 g/mol. The van der Waals surface area contributed by atoms with Crippen molar-refractivity contribution >= 4 is 11.1 Å². The first kappa shape index (κ1) is 9.75. The second-order valence-corrected chi connectivity index (χ2v) is 3.26. The maximum Gasteiger partial charge on any atom is 0.192 e. The number of oxazole rings is 1. The molecule has 0 amide bonds. The summed E-state index contributed by atoms with van der Waals surface area (Å²) in [5.41, 5.74) is 7.95. The Morgan fingerprint density at radius 2 is 2.33 bits per heavy atom. The molecule has 2 aromatic rings. The van der Waals surface area contributed by atoms with Crippen LogP contribution in [0, 0.1) is 18.8 Å². The lowest BCUT2D eigenvalue weighted by Crippen LogP contribution is -1.95. The normalized spacial score (nSPS) is 10.0. The molecule has 15 heavy (non-hydrogen) atoms. The van der Waals surface area contributed by atoms with E-state index in [-0.39, 0.29) is 0 Å². The van der Waals surface area contributed by atoms with Crippen LogP contribution in [0.2, 0.25) is 0 Å². The van der Waals surface area contributed by atoms with Gasteiger partial charge >= 0.3 is 0 Å². The van der Waals surface area contributed by atoms with E-state index in [1.54, 1.807) is 0 Å². The summed E-state index contributed by atoms with van der Waals surface area (Å²) in [7, 11) is 0. The number of aromatic nitrogens is 1. The van der Waals surface area contributed by atoms with Gasteiger partial charge in [0.05, 0.1) is 0 Å². The summed E-state index contributed by atoms with van der Waals surface area (Å²) in [6.07, 6.45) is 0.716. The van der Waals surface area contributed by atoms with E-state index in [0.717, 1.165) is 16.7 Å². The minimum Gasteiger partial charge on any atom is -0.441 e. The summed E-state index contributed by atoms with van der Waals surface area (Å²) >= 11 is 0. The fourth-order valence-corrected chi connectivity index (χ4v) is 1.35. The van der Waals surface area contributed by atoms with Crippen LogP contribution in [0.1, 0.15) is 17.9 Å². The Hall–Kier alpha value is -1.79. The lowest BCUT2D eigenvalue weighted by atomic mass is 10.2. The number of rotatable bonds is 1. The number of aryl methyl sites for hydroxylation is 1. The van der Waals surface area contributed by atoms with Crippen molar-refractivity contribution in [2.75, 3.05) is 6.54 Å². The maximum absolute atomic E-state index is 5.41. The zero-order chi connectivity index (χ0) is 10.7. The quantitative estimate of drug-likeness (QED) is 0.714. The first-order chi connectivity index (χ1) is 7.29. The van der Waals surface area contributed by atoms with Crippen LogP contribution < -0.4 is 5.73 Å². The number of benzene rings is 1. The molecule has 2 rings (SSSR count). The fraction of sp³-hybridized carbons (Fsp3) is 0.250. The Kier molecular flexibility index (Phi) is 2.70. The molecule has 0 aliphatic rings. The van der Waals surface area contributed by atoms with Crippen molar-refractivity contribution in [3.8, 4) is 11.8 Å². The van der Waals surface area contributed by atoms with E-state index in [1.165, 1.54) is 0 Å². The van der Waals surface area contributed by atoms with E-state index in [9.17, 15) is 0 Å². The molecule has 3 nitrogen and oxygen atoms in total. The number of hydrogen-bond donors (Lipinski definition) is 1. The third-order valence-electron chi connectivity index (χ3n) is 2.00. The van der Waals surface area contributed by atoms with Crippen LogP contribution in [0.15, 0.2) is 22.6 Å². The zero-order valence-electron chi connectivity index (χ0n) is 8.58. The van der Waals surface area contributed by atoms with Crippen molar-refractivity contribution in [1.82, 2.24) is 4.98 Å². The fourth-order valence-electron chi connectivity index (χ4n) is 1.35. The second-order valence-electron chi connectivity index (χ2n) is 3.26. The van der Waals surface area contributed by atoms with Crippen LogP contribution in [0.4, 0.5) is 0 Å². The molecule has 0 spiro atoms. The van der Waals surface area contributed by atoms with E-state index in [0.29, 0.717) is 18.9 Å². The first-order valence-electron chi connectivity index (χ1n) is 4.86. The Bertz CT molecular complexity index is 531. The van der Waals surface area contributed by atoms with E-state index < -0.39 is 0 Å². The van der Waals surface area contributed by atoms with Crippen LogP contribution in [0.5, 0.6) is 0 Å². The van der Waals surface area contributed by atoms with Crippen LogP contribution in [0.3, 0.4) is 0 Å². The van der Waals surface area contributed by atoms with Crippen LogP contribution in [-0.4, -0.2) is 11.5 Å². The van der Waals surface area contributed by atoms with Crippen molar-refractivity contribution in [2.24, 2.45) is 5.73 Å². The molecule has 76 valence electrons. The summed E-state index contributed by atoms with van der Waals surface area (Å²) < 4.78 is 5.41. The predicted molar refractivity (Wildman–Crippen MR) is 59.3 cm³/mol. The number of hydrogen-bond acceptors (Lipinski definition) is 3. The first-order valence-corrected chi connectivity index (χ1v) is 4.86. The molecule has 3 heteroatoms. The van der Waals surface area contributed by atoms with Gasteiger partial charge in [-0.05, 0) is 18.2 Å². The van der Waals surface area contributed by atoms with Gasteiger partial charge in [-0.15, -0.1) is 0 Å². The molecule has 0 aliphatic heterocycles. The van der Waals surface area contributed by atoms with Crippen molar-refractivity contribution in [2.45, 2.75) is 13.3 Å². The smallest absolute Gasteiger partial charge is 0.192 e. The number of fused-ring (bicyclic) bond motifs is 1. The molecular weight excluding hydrogens is 188 g/mol. The molecule has 1 aromatic heterocycles. The van der Waals surface area contributed by atoms with E-state index in [1.807, 2.05) is 25.1 Å². The highest BCUT2D eigenvalue weighted by atomic mass is 16.3. The molecule has 1 aromatic carbocycles. The van der Waals surface area contributed by atoms with Crippen LogP contribution in [0.25, 0.3) is 11.1 Å². The van der Waals surface area contributed by atoms with Gasteiger partial charge in [-0.25, -0.2) is 4.98 Å². The molecule has 2 N–H and O–H groups in total. The zero-order valence-corrected chi connectivity index (χ0v) is 8.58. The van der Waals surface area contributed by atoms with E-state index in [4.69, 9.17) is 10.2 Å². The van der Waals surface area contributed by atoms with Gasteiger partial charge in [0.25, 0.3) is 0 Å². The summed E-state index contributed by atoms with van der Waals surface area (Å²) in [6, 6.07) is 5.75.